The van der Waals surface area contributed by atoms with Crippen LogP contribution < -0.4 is 0 Å². The standard InChI is InChI=1S/C20H24O2/c1-5-20(22,13-17-9-7-6-8-10-17)19(21)18-12-11-14(2)15(3)16(18)4/h6-12,22H,5,13H2,1-4H3. The molecule has 0 bridgehead atoms. The van der Waals surface area contributed by atoms with Gasteiger partial charge in [-0.05, 0) is 49.4 Å². The van der Waals surface area contributed by atoms with Gasteiger partial charge in [0.2, 0.25) is 0 Å². The molecule has 2 heteroatoms. The number of carbonyl (C=O) groups is 1. The molecule has 0 saturated heterocycles. The molecule has 0 aliphatic rings. The summed E-state index contributed by atoms with van der Waals surface area (Å²) in [7, 11) is 0. The Hall–Kier alpha value is -1.93. The Labute approximate surface area is 132 Å². The maximum Gasteiger partial charge on any atom is 0.194 e. The quantitative estimate of drug-likeness (QED) is 0.840. The largest absolute Gasteiger partial charge is 0.381 e. The monoisotopic (exact) mass is 296 g/mol. The number of benzene rings is 2. The Morgan fingerprint density at radius 1 is 1.00 bits per heavy atom. The van der Waals surface area contributed by atoms with Crippen LogP contribution in [0.25, 0.3) is 0 Å². The van der Waals surface area contributed by atoms with Crippen molar-refractivity contribution in [3.63, 3.8) is 0 Å². The second kappa shape index (κ2) is 6.45. The van der Waals surface area contributed by atoms with Crippen LogP contribution in [-0.4, -0.2) is 16.5 Å². The molecule has 2 nitrogen and oxygen atoms in total. The van der Waals surface area contributed by atoms with Gasteiger partial charge in [-0.3, -0.25) is 4.79 Å². The Bertz CT molecular complexity index is 674. The highest BCUT2D eigenvalue weighted by Crippen LogP contribution is 2.26. The number of Topliss-reactive ketones (excluding diaryl/α,β-unsaturated/α-hetero) is 1. The molecule has 0 aliphatic heterocycles. The highest BCUT2D eigenvalue weighted by Gasteiger charge is 2.35. The first-order valence-corrected chi connectivity index (χ1v) is 7.77. The van der Waals surface area contributed by atoms with Gasteiger partial charge >= 0.3 is 0 Å². The molecule has 1 N–H and O–H groups in total. The Kier molecular flexibility index (Phi) is 4.82. The fourth-order valence-electron chi connectivity index (χ4n) is 2.75. The van der Waals surface area contributed by atoms with E-state index in [0.29, 0.717) is 18.4 Å². The van der Waals surface area contributed by atoms with E-state index >= 15 is 0 Å². The van der Waals surface area contributed by atoms with Crippen molar-refractivity contribution in [1.82, 2.24) is 0 Å². The van der Waals surface area contributed by atoms with Crippen LogP contribution in [0.15, 0.2) is 42.5 Å². The van der Waals surface area contributed by atoms with Crippen molar-refractivity contribution in [2.45, 2.75) is 46.1 Å². The number of carbonyl (C=O) groups excluding carboxylic acids is 1. The average Bonchev–Trinajstić information content (AvgIpc) is 2.53. The summed E-state index contributed by atoms with van der Waals surface area (Å²) in [4.78, 5) is 12.9. The molecule has 0 radical (unpaired) electrons. The lowest BCUT2D eigenvalue weighted by Crippen LogP contribution is -2.40. The van der Waals surface area contributed by atoms with Gasteiger partial charge in [0.25, 0.3) is 0 Å². The van der Waals surface area contributed by atoms with Gasteiger partial charge in [-0.2, -0.15) is 0 Å². The van der Waals surface area contributed by atoms with Crippen molar-refractivity contribution >= 4 is 5.78 Å². The van der Waals surface area contributed by atoms with Crippen molar-refractivity contribution in [3.05, 3.63) is 70.3 Å². The van der Waals surface area contributed by atoms with Crippen LogP contribution in [0.2, 0.25) is 0 Å². The summed E-state index contributed by atoms with van der Waals surface area (Å²) in [5.41, 5.74) is 3.49. The molecule has 116 valence electrons. The molecule has 0 spiro atoms. The van der Waals surface area contributed by atoms with Crippen LogP contribution in [0.3, 0.4) is 0 Å². The molecule has 2 aromatic carbocycles. The zero-order chi connectivity index (χ0) is 16.3. The van der Waals surface area contributed by atoms with Gasteiger partial charge in [0.05, 0.1) is 0 Å². The van der Waals surface area contributed by atoms with Gasteiger partial charge in [-0.15, -0.1) is 0 Å². The first-order chi connectivity index (χ1) is 10.4. The first-order valence-electron chi connectivity index (χ1n) is 7.77. The number of ketones is 1. The summed E-state index contributed by atoms with van der Waals surface area (Å²) in [5.74, 6) is -0.181. The number of hydrogen-bond donors (Lipinski definition) is 1. The summed E-state index contributed by atoms with van der Waals surface area (Å²) in [6.07, 6.45) is 0.739. The minimum absolute atomic E-state index is 0.181. The SMILES string of the molecule is CCC(O)(Cc1ccccc1)C(=O)c1ccc(C)c(C)c1C. The second-order valence-electron chi connectivity index (χ2n) is 6.06. The Balaban J connectivity index is 2.38. The lowest BCUT2D eigenvalue weighted by atomic mass is 9.82. The Morgan fingerprint density at radius 3 is 2.23 bits per heavy atom. The van der Waals surface area contributed by atoms with Crippen LogP contribution >= 0.6 is 0 Å². The third-order valence-corrected chi connectivity index (χ3v) is 4.65. The van der Waals surface area contributed by atoms with E-state index in [2.05, 4.69) is 0 Å². The van der Waals surface area contributed by atoms with Gasteiger partial charge < -0.3 is 5.11 Å². The maximum absolute atomic E-state index is 12.9. The number of hydrogen-bond acceptors (Lipinski definition) is 2. The highest BCUT2D eigenvalue weighted by atomic mass is 16.3. The maximum atomic E-state index is 12.9. The van der Waals surface area contributed by atoms with E-state index in [1.165, 1.54) is 0 Å². The fourth-order valence-corrected chi connectivity index (χ4v) is 2.75. The number of aliphatic hydroxyl groups is 1. The molecular formula is C20H24O2. The number of aryl methyl sites for hydroxylation is 1. The number of rotatable bonds is 5. The third kappa shape index (κ3) is 3.12. The predicted molar refractivity (Wildman–Crippen MR) is 90.4 cm³/mol. The minimum atomic E-state index is -1.35. The van der Waals surface area contributed by atoms with E-state index < -0.39 is 5.60 Å². The Morgan fingerprint density at radius 2 is 1.64 bits per heavy atom. The molecule has 1 unspecified atom stereocenters. The second-order valence-corrected chi connectivity index (χ2v) is 6.06. The summed E-state index contributed by atoms with van der Waals surface area (Å²) in [5, 5.41) is 10.9. The van der Waals surface area contributed by atoms with Gasteiger partial charge in [0, 0.05) is 12.0 Å². The van der Waals surface area contributed by atoms with Gasteiger partial charge in [0.1, 0.15) is 5.60 Å². The van der Waals surface area contributed by atoms with Crippen LogP contribution in [-0.2, 0) is 6.42 Å². The van der Waals surface area contributed by atoms with Gasteiger partial charge in [-0.25, -0.2) is 0 Å². The highest BCUT2D eigenvalue weighted by molar-refractivity contribution is 6.03. The van der Waals surface area contributed by atoms with E-state index in [1.54, 1.807) is 0 Å². The van der Waals surface area contributed by atoms with Gasteiger partial charge in [0.15, 0.2) is 5.78 Å². The molecule has 2 aromatic rings. The summed E-state index contributed by atoms with van der Waals surface area (Å²) >= 11 is 0. The fraction of sp³-hybridized carbons (Fsp3) is 0.350. The van der Waals surface area contributed by atoms with Crippen LogP contribution in [0, 0.1) is 20.8 Å². The predicted octanol–water partition coefficient (Wildman–Crippen LogP) is 4.18. The topological polar surface area (TPSA) is 37.3 Å². The molecule has 0 aliphatic carbocycles. The van der Waals surface area contributed by atoms with E-state index in [4.69, 9.17) is 0 Å². The first kappa shape index (κ1) is 16.4. The van der Waals surface area contributed by atoms with Crippen LogP contribution in [0.4, 0.5) is 0 Å². The van der Waals surface area contributed by atoms with Crippen LogP contribution in [0.1, 0.15) is 46.0 Å². The zero-order valence-electron chi connectivity index (χ0n) is 13.8. The average molecular weight is 296 g/mol. The van der Waals surface area contributed by atoms with E-state index in [9.17, 15) is 9.90 Å². The molecule has 2 rings (SSSR count). The van der Waals surface area contributed by atoms with Crippen molar-refractivity contribution in [2.24, 2.45) is 0 Å². The van der Waals surface area contributed by atoms with E-state index in [0.717, 1.165) is 22.3 Å². The smallest absolute Gasteiger partial charge is 0.194 e. The van der Waals surface area contributed by atoms with Crippen molar-refractivity contribution in [3.8, 4) is 0 Å². The summed E-state index contributed by atoms with van der Waals surface area (Å²) in [6, 6.07) is 13.5. The van der Waals surface area contributed by atoms with Crippen molar-refractivity contribution in [1.29, 1.82) is 0 Å². The van der Waals surface area contributed by atoms with Crippen molar-refractivity contribution < 1.29 is 9.90 Å². The summed E-state index contributed by atoms with van der Waals surface area (Å²) < 4.78 is 0. The molecule has 1 atom stereocenters. The normalized spacial score (nSPS) is 13.7. The third-order valence-electron chi connectivity index (χ3n) is 4.65. The lowest BCUT2D eigenvalue weighted by Gasteiger charge is -2.27. The molecule has 0 fully saturated rings. The lowest BCUT2D eigenvalue weighted by molar-refractivity contribution is 0.0298. The van der Waals surface area contributed by atoms with E-state index in [-0.39, 0.29) is 5.78 Å². The summed E-state index contributed by atoms with van der Waals surface area (Å²) in [6.45, 7) is 7.86. The minimum Gasteiger partial charge on any atom is -0.381 e. The molecule has 22 heavy (non-hydrogen) atoms. The van der Waals surface area contributed by atoms with E-state index in [1.807, 2.05) is 70.2 Å². The van der Waals surface area contributed by atoms with Gasteiger partial charge in [-0.1, -0.05) is 49.4 Å². The zero-order valence-corrected chi connectivity index (χ0v) is 13.8. The van der Waals surface area contributed by atoms with Crippen molar-refractivity contribution in [2.75, 3.05) is 0 Å². The van der Waals surface area contributed by atoms with Crippen LogP contribution in [0.5, 0.6) is 0 Å². The molecule has 0 aromatic heterocycles. The molecular weight excluding hydrogens is 272 g/mol. The molecule has 0 saturated carbocycles. The molecule has 0 amide bonds. The molecule has 0 heterocycles.